The fourth-order valence-electron chi connectivity index (χ4n) is 4.20. The summed E-state index contributed by atoms with van der Waals surface area (Å²) in [6, 6.07) is 9.86. The van der Waals surface area contributed by atoms with E-state index >= 15 is 0 Å². The fourth-order valence-corrected chi connectivity index (χ4v) is 4.20. The lowest BCUT2D eigenvalue weighted by atomic mass is 10.1. The first-order valence-corrected chi connectivity index (χ1v) is 11.8. The molecule has 8 heteroatoms. The highest BCUT2D eigenvalue weighted by atomic mass is 16.5. The molecule has 0 aliphatic carbocycles. The van der Waals surface area contributed by atoms with Gasteiger partial charge >= 0.3 is 0 Å². The van der Waals surface area contributed by atoms with Gasteiger partial charge in [-0.25, -0.2) is 0 Å². The fraction of sp³-hybridized carbons (Fsp3) is 0.560. The smallest absolute Gasteiger partial charge is 0.276 e. The molecule has 0 N–H and O–H groups in total. The molecule has 0 bridgehead atoms. The predicted molar refractivity (Wildman–Crippen MR) is 127 cm³/mol. The van der Waals surface area contributed by atoms with Crippen molar-refractivity contribution < 1.29 is 18.8 Å². The summed E-state index contributed by atoms with van der Waals surface area (Å²) < 4.78 is 10.5. The number of nitrogens with zero attached hydrogens (tertiary/aromatic N) is 4. The number of aryl methyl sites for hydroxylation is 1. The summed E-state index contributed by atoms with van der Waals surface area (Å²) in [7, 11) is 1.53. The van der Waals surface area contributed by atoms with Crippen molar-refractivity contribution in [2.75, 3.05) is 44.8 Å². The van der Waals surface area contributed by atoms with Crippen LogP contribution in [-0.4, -0.2) is 72.7 Å². The number of para-hydroxylation sites is 1. The van der Waals surface area contributed by atoms with Gasteiger partial charge in [0.05, 0.1) is 0 Å². The van der Waals surface area contributed by atoms with Gasteiger partial charge in [0.25, 0.3) is 11.8 Å². The minimum atomic E-state index is -0.159. The molecule has 2 heterocycles. The van der Waals surface area contributed by atoms with Gasteiger partial charge in [0.1, 0.15) is 12.4 Å². The van der Waals surface area contributed by atoms with Crippen LogP contribution >= 0.6 is 0 Å². The van der Waals surface area contributed by atoms with Crippen LogP contribution in [0.15, 0.2) is 34.9 Å². The SMILES string of the molecule is CCCc1cc(C(=O)N2CCN(C(C)C)CCCN(C(=O)COC)c3ccccc3C2)no1. The largest absolute Gasteiger partial charge is 0.375 e. The molecule has 0 atom stereocenters. The Hall–Kier alpha value is -2.71. The Morgan fingerprint density at radius 1 is 1.15 bits per heavy atom. The van der Waals surface area contributed by atoms with E-state index in [0.29, 0.717) is 31.4 Å². The molecule has 1 aromatic carbocycles. The molecule has 1 aliphatic heterocycles. The van der Waals surface area contributed by atoms with Crippen molar-refractivity contribution in [3.63, 3.8) is 0 Å². The first-order chi connectivity index (χ1) is 15.9. The number of benzene rings is 1. The van der Waals surface area contributed by atoms with E-state index in [1.165, 1.54) is 7.11 Å². The first kappa shape index (κ1) is 24.9. The van der Waals surface area contributed by atoms with E-state index in [0.717, 1.165) is 49.4 Å². The van der Waals surface area contributed by atoms with E-state index in [9.17, 15) is 9.59 Å². The molecule has 33 heavy (non-hydrogen) atoms. The first-order valence-electron chi connectivity index (χ1n) is 11.8. The highest BCUT2D eigenvalue weighted by molar-refractivity contribution is 5.95. The quantitative estimate of drug-likeness (QED) is 0.663. The minimum Gasteiger partial charge on any atom is -0.375 e. The average molecular weight is 457 g/mol. The molecule has 0 unspecified atom stereocenters. The van der Waals surface area contributed by atoms with Gasteiger partial charge in [-0.1, -0.05) is 30.3 Å². The van der Waals surface area contributed by atoms with E-state index in [1.807, 2.05) is 29.2 Å². The lowest BCUT2D eigenvalue weighted by Crippen LogP contribution is -2.41. The second-order valence-corrected chi connectivity index (χ2v) is 8.75. The molecule has 3 rings (SSSR count). The second-order valence-electron chi connectivity index (χ2n) is 8.75. The summed E-state index contributed by atoms with van der Waals surface area (Å²) in [4.78, 5) is 32.3. The molecule has 0 saturated carbocycles. The number of anilines is 1. The van der Waals surface area contributed by atoms with Crippen molar-refractivity contribution in [1.29, 1.82) is 0 Å². The third-order valence-electron chi connectivity index (χ3n) is 5.99. The van der Waals surface area contributed by atoms with Gasteiger partial charge in [-0.15, -0.1) is 0 Å². The molecule has 1 aromatic heterocycles. The Morgan fingerprint density at radius 3 is 2.67 bits per heavy atom. The normalized spacial score (nSPS) is 15.9. The van der Waals surface area contributed by atoms with E-state index in [4.69, 9.17) is 9.26 Å². The van der Waals surface area contributed by atoms with Crippen molar-refractivity contribution in [3.8, 4) is 0 Å². The predicted octanol–water partition coefficient (Wildman–Crippen LogP) is 3.36. The van der Waals surface area contributed by atoms with Crippen molar-refractivity contribution in [3.05, 3.63) is 47.3 Å². The Labute approximate surface area is 196 Å². The van der Waals surface area contributed by atoms with Crippen LogP contribution in [-0.2, 0) is 22.5 Å². The van der Waals surface area contributed by atoms with E-state index < -0.39 is 0 Å². The van der Waals surface area contributed by atoms with Crippen LogP contribution in [0.2, 0.25) is 0 Å². The molecule has 8 nitrogen and oxygen atoms in total. The van der Waals surface area contributed by atoms with E-state index in [2.05, 4.69) is 30.8 Å². The van der Waals surface area contributed by atoms with Crippen molar-refractivity contribution in [2.24, 2.45) is 0 Å². The maximum absolute atomic E-state index is 13.5. The third-order valence-corrected chi connectivity index (χ3v) is 5.99. The number of aromatic nitrogens is 1. The molecular formula is C25H36N4O4. The lowest BCUT2D eigenvalue weighted by Gasteiger charge is -2.29. The summed E-state index contributed by atoms with van der Waals surface area (Å²) in [5.74, 6) is 0.478. The zero-order valence-electron chi connectivity index (χ0n) is 20.2. The topological polar surface area (TPSA) is 79.1 Å². The van der Waals surface area contributed by atoms with Gasteiger partial charge in [0.15, 0.2) is 5.69 Å². The van der Waals surface area contributed by atoms with Gasteiger partial charge in [-0.2, -0.15) is 0 Å². The van der Waals surface area contributed by atoms with E-state index in [-0.39, 0.29) is 18.4 Å². The van der Waals surface area contributed by atoms with Crippen LogP contribution in [0.1, 0.15) is 55.4 Å². The van der Waals surface area contributed by atoms with Gasteiger partial charge in [0, 0.05) is 64.0 Å². The number of hydrogen-bond donors (Lipinski definition) is 0. The number of hydrogen-bond acceptors (Lipinski definition) is 6. The molecule has 0 fully saturated rings. The Morgan fingerprint density at radius 2 is 1.94 bits per heavy atom. The number of ether oxygens (including phenoxy) is 1. The Balaban J connectivity index is 1.96. The van der Waals surface area contributed by atoms with E-state index in [1.54, 1.807) is 11.0 Å². The maximum Gasteiger partial charge on any atom is 0.276 e. The summed E-state index contributed by atoms with van der Waals surface area (Å²) >= 11 is 0. The zero-order chi connectivity index (χ0) is 23.8. The third kappa shape index (κ3) is 6.42. The Kier molecular flexibility index (Phi) is 9.03. The van der Waals surface area contributed by atoms with Crippen LogP contribution in [0, 0.1) is 0 Å². The number of rotatable bonds is 6. The number of methoxy groups -OCH3 is 1. The average Bonchev–Trinajstić information content (AvgIpc) is 3.25. The number of amides is 2. The molecular weight excluding hydrogens is 420 g/mol. The molecule has 0 saturated heterocycles. The Bertz CT molecular complexity index is 927. The van der Waals surface area contributed by atoms with Crippen LogP contribution in [0.25, 0.3) is 0 Å². The molecule has 2 aromatic rings. The highest BCUT2D eigenvalue weighted by Gasteiger charge is 2.26. The lowest BCUT2D eigenvalue weighted by molar-refractivity contribution is -0.122. The summed E-state index contributed by atoms with van der Waals surface area (Å²) in [5, 5.41) is 4.04. The van der Waals surface area contributed by atoms with Crippen LogP contribution in [0.5, 0.6) is 0 Å². The minimum absolute atomic E-state index is 0.0179. The second kappa shape index (κ2) is 12.0. The van der Waals surface area contributed by atoms with Crippen LogP contribution < -0.4 is 4.90 Å². The van der Waals surface area contributed by atoms with Gasteiger partial charge in [-0.05, 0) is 38.3 Å². The van der Waals surface area contributed by atoms with Crippen LogP contribution in [0.3, 0.4) is 0 Å². The maximum atomic E-state index is 13.5. The van der Waals surface area contributed by atoms with Crippen LogP contribution in [0.4, 0.5) is 5.69 Å². The summed E-state index contributed by atoms with van der Waals surface area (Å²) in [6.07, 6.45) is 2.51. The van der Waals surface area contributed by atoms with Gasteiger partial charge < -0.3 is 19.1 Å². The number of fused-ring (bicyclic) bond motifs is 1. The standard InChI is InChI=1S/C25H36N4O4/c1-5-9-21-16-22(26-33-21)25(31)28-15-14-27(19(2)3)12-8-13-29(24(30)18-32-4)23-11-7-6-10-20(23)17-28/h6-7,10-11,16,19H,5,8-9,12-15,17-18H2,1-4H3. The molecule has 0 radical (unpaired) electrons. The molecule has 2 amide bonds. The monoisotopic (exact) mass is 456 g/mol. The molecule has 0 spiro atoms. The van der Waals surface area contributed by atoms with Crippen molar-refractivity contribution in [2.45, 2.75) is 52.6 Å². The molecule has 180 valence electrons. The zero-order valence-corrected chi connectivity index (χ0v) is 20.2. The highest BCUT2D eigenvalue weighted by Crippen LogP contribution is 2.24. The summed E-state index contributed by atoms with van der Waals surface area (Å²) in [5.41, 5.74) is 2.07. The number of carbonyl (C=O) groups excluding carboxylic acids is 2. The van der Waals surface area contributed by atoms with Crippen molar-refractivity contribution in [1.82, 2.24) is 15.0 Å². The van der Waals surface area contributed by atoms with Gasteiger partial charge in [-0.3, -0.25) is 14.5 Å². The molecule has 1 aliphatic rings. The summed E-state index contributed by atoms with van der Waals surface area (Å²) in [6.45, 7) is 9.52. The number of carbonyl (C=O) groups is 2. The van der Waals surface area contributed by atoms with Crippen molar-refractivity contribution >= 4 is 17.5 Å². The van der Waals surface area contributed by atoms with Gasteiger partial charge in [0.2, 0.25) is 0 Å².